The van der Waals surface area contributed by atoms with Gasteiger partial charge in [-0.1, -0.05) is 0 Å². The number of hydrogen-bond donors (Lipinski definition) is 0. The van der Waals surface area contributed by atoms with Crippen molar-refractivity contribution in [1.29, 1.82) is 0 Å². The van der Waals surface area contributed by atoms with Crippen LogP contribution in [0.2, 0.25) is 0 Å². The van der Waals surface area contributed by atoms with Crippen LogP contribution in [0.25, 0.3) is 0 Å². The van der Waals surface area contributed by atoms with Crippen LogP contribution >= 0.6 is 0 Å². The fourth-order valence-corrected chi connectivity index (χ4v) is 2.70. The molecule has 0 aromatic carbocycles. The van der Waals surface area contributed by atoms with Gasteiger partial charge in [0.25, 0.3) is 0 Å². The quantitative estimate of drug-likeness (QED) is 0.708. The molecule has 15 heavy (non-hydrogen) atoms. The van der Waals surface area contributed by atoms with Crippen molar-refractivity contribution in [2.24, 2.45) is 5.92 Å². The highest BCUT2D eigenvalue weighted by atomic mass is 16.5. The van der Waals surface area contributed by atoms with Crippen molar-refractivity contribution in [2.45, 2.75) is 38.1 Å². The van der Waals surface area contributed by atoms with Gasteiger partial charge in [0.05, 0.1) is 6.61 Å². The highest BCUT2D eigenvalue weighted by Crippen LogP contribution is 2.23. The van der Waals surface area contributed by atoms with Gasteiger partial charge in [0.2, 0.25) is 0 Å². The van der Waals surface area contributed by atoms with E-state index in [1.54, 1.807) is 0 Å². The molecule has 0 aromatic heterocycles. The van der Waals surface area contributed by atoms with E-state index in [1.807, 2.05) is 0 Å². The van der Waals surface area contributed by atoms with E-state index in [0.717, 1.165) is 45.4 Å². The van der Waals surface area contributed by atoms with Gasteiger partial charge in [-0.05, 0) is 32.2 Å². The van der Waals surface area contributed by atoms with Crippen LogP contribution in [0, 0.1) is 5.92 Å². The van der Waals surface area contributed by atoms with Crippen molar-refractivity contribution in [3.8, 4) is 0 Å². The molecule has 1 aliphatic carbocycles. The summed E-state index contributed by atoms with van der Waals surface area (Å²) in [5, 5.41) is 0. The van der Waals surface area contributed by atoms with Gasteiger partial charge in [0.15, 0.2) is 0 Å². The van der Waals surface area contributed by atoms with Crippen molar-refractivity contribution >= 4 is 5.78 Å². The third kappa shape index (κ3) is 3.02. The Kier molecular flexibility index (Phi) is 3.76. The highest BCUT2D eigenvalue weighted by molar-refractivity contribution is 5.79. The van der Waals surface area contributed by atoms with E-state index in [-0.39, 0.29) is 0 Å². The summed E-state index contributed by atoms with van der Waals surface area (Å²) in [6, 6.07) is 0.585. The number of carbonyl (C=O) groups is 1. The first-order valence-corrected chi connectivity index (χ1v) is 6.05. The van der Waals surface area contributed by atoms with Gasteiger partial charge in [-0.15, -0.1) is 0 Å². The minimum atomic E-state index is 0.460. The first kappa shape index (κ1) is 11.1. The molecule has 1 saturated heterocycles. The van der Waals surface area contributed by atoms with Crippen LogP contribution in [0.15, 0.2) is 0 Å². The second-order valence-corrected chi connectivity index (χ2v) is 4.96. The third-order valence-electron chi connectivity index (χ3n) is 3.66. The van der Waals surface area contributed by atoms with Crippen LogP contribution in [0.5, 0.6) is 0 Å². The monoisotopic (exact) mass is 211 g/mol. The molecule has 86 valence electrons. The van der Waals surface area contributed by atoms with Gasteiger partial charge in [-0.25, -0.2) is 0 Å². The van der Waals surface area contributed by atoms with Gasteiger partial charge >= 0.3 is 0 Å². The van der Waals surface area contributed by atoms with Gasteiger partial charge < -0.3 is 9.64 Å². The summed E-state index contributed by atoms with van der Waals surface area (Å²) >= 11 is 0. The molecule has 1 saturated carbocycles. The second-order valence-electron chi connectivity index (χ2n) is 4.96. The van der Waals surface area contributed by atoms with Crippen molar-refractivity contribution < 1.29 is 9.53 Å². The summed E-state index contributed by atoms with van der Waals surface area (Å²) in [6.07, 6.45) is 5.09. The molecular weight excluding hydrogens is 190 g/mol. The number of ether oxygens (including phenoxy) is 1. The molecule has 0 bridgehead atoms. The van der Waals surface area contributed by atoms with Crippen molar-refractivity contribution in [3.05, 3.63) is 0 Å². The molecule has 3 nitrogen and oxygen atoms in total. The Morgan fingerprint density at radius 2 is 2.33 bits per heavy atom. The lowest BCUT2D eigenvalue weighted by molar-refractivity contribution is -0.121. The number of carbonyl (C=O) groups excluding carboxylic acids is 1. The van der Waals surface area contributed by atoms with Gasteiger partial charge in [-0.2, -0.15) is 0 Å². The minimum absolute atomic E-state index is 0.460. The van der Waals surface area contributed by atoms with Crippen LogP contribution in [-0.2, 0) is 9.53 Å². The molecule has 0 radical (unpaired) electrons. The van der Waals surface area contributed by atoms with Crippen molar-refractivity contribution in [1.82, 2.24) is 4.90 Å². The van der Waals surface area contributed by atoms with E-state index in [2.05, 4.69) is 11.9 Å². The molecular formula is C12H21NO2. The van der Waals surface area contributed by atoms with E-state index in [4.69, 9.17) is 4.74 Å². The molecule has 0 N–H and O–H groups in total. The Labute approximate surface area is 91.8 Å². The third-order valence-corrected chi connectivity index (χ3v) is 3.66. The van der Waals surface area contributed by atoms with Gasteiger partial charge in [-0.3, -0.25) is 4.79 Å². The lowest BCUT2D eigenvalue weighted by Crippen LogP contribution is -2.37. The van der Waals surface area contributed by atoms with E-state index >= 15 is 0 Å². The summed E-state index contributed by atoms with van der Waals surface area (Å²) in [6.45, 7) is 2.84. The van der Waals surface area contributed by atoms with Crippen LogP contribution in [-0.4, -0.2) is 43.5 Å². The zero-order chi connectivity index (χ0) is 10.7. The van der Waals surface area contributed by atoms with E-state index in [0.29, 0.717) is 17.7 Å². The fourth-order valence-electron chi connectivity index (χ4n) is 2.70. The largest absolute Gasteiger partial charge is 0.380 e. The van der Waals surface area contributed by atoms with Crippen molar-refractivity contribution in [3.63, 3.8) is 0 Å². The second kappa shape index (κ2) is 5.08. The Morgan fingerprint density at radius 3 is 3.00 bits per heavy atom. The maximum Gasteiger partial charge on any atom is 0.133 e. The molecule has 2 rings (SSSR count). The average Bonchev–Trinajstić information content (AvgIpc) is 2.70. The van der Waals surface area contributed by atoms with Crippen molar-refractivity contribution in [2.75, 3.05) is 26.8 Å². The number of rotatable bonds is 3. The number of hydrogen-bond acceptors (Lipinski definition) is 3. The first-order valence-electron chi connectivity index (χ1n) is 6.05. The fraction of sp³-hybridized carbons (Fsp3) is 0.917. The Bertz CT molecular complexity index is 224. The normalized spacial score (nSPS) is 32.5. The summed E-state index contributed by atoms with van der Waals surface area (Å²) in [5.41, 5.74) is 0. The number of likely N-dealkylation sites (N-methyl/N-ethyl adjacent to an activating group) is 1. The molecule has 2 aliphatic rings. The number of Topliss-reactive ketones (excluding diaryl/α,β-unsaturated/α-hetero) is 1. The lowest BCUT2D eigenvalue weighted by atomic mass is 9.88. The molecule has 3 heteroatoms. The Morgan fingerprint density at radius 1 is 1.47 bits per heavy atom. The van der Waals surface area contributed by atoms with Crippen LogP contribution in [0.4, 0.5) is 0 Å². The SMILES string of the molecule is CN(CC1CCCC(=O)C1)C1CCOC1. The molecule has 1 heterocycles. The minimum Gasteiger partial charge on any atom is -0.380 e. The average molecular weight is 211 g/mol. The molecule has 2 unspecified atom stereocenters. The molecule has 2 fully saturated rings. The van der Waals surface area contributed by atoms with Gasteiger partial charge in [0.1, 0.15) is 5.78 Å². The zero-order valence-corrected chi connectivity index (χ0v) is 9.58. The number of nitrogens with zero attached hydrogens (tertiary/aromatic N) is 1. The zero-order valence-electron chi connectivity index (χ0n) is 9.58. The smallest absolute Gasteiger partial charge is 0.133 e. The molecule has 2 atom stereocenters. The van der Waals surface area contributed by atoms with Crippen LogP contribution < -0.4 is 0 Å². The van der Waals surface area contributed by atoms with E-state index < -0.39 is 0 Å². The maximum atomic E-state index is 11.3. The predicted molar refractivity (Wildman–Crippen MR) is 58.8 cm³/mol. The summed E-state index contributed by atoms with van der Waals surface area (Å²) in [4.78, 5) is 13.7. The predicted octanol–water partition coefficient (Wildman–Crippen LogP) is 1.47. The van der Waals surface area contributed by atoms with E-state index in [9.17, 15) is 4.79 Å². The summed E-state index contributed by atoms with van der Waals surface area (Å²) < 4.78 is 5.38. The Hall–Kier alpha value is -0.410. The van der Waals surface area contributed by atoms with Crippen LogP contribution in [0.3, 0.4) is 0 Å². The Balaban J connectivity index is 1.77. The summed E-state index contributed by atoms with van der Waals surface area (Å²) in [7, 11) is 2.17. The molecule has 0 aromatic rings. The standard InChI is InChI=1S/C12H21NO2/c1-13(11-5-6-15-9-11)8-10-3-2-4-12(14)7-10/h10-11H,2-9H2,1H3. The lowest BCUT2D eigenvalue weighted by Gasteiger charge is -2.29. The first-order chi connectivity index (χ1) is 7.25. The van der Waals surface area contributed by atoms with Gasteiger partial charge in [0, 0.05) is 32.0 Å². The van der Waals surface area contributed by atoms with E-state index in [1.165, 1.54) is 6.42 Å². The molecule has 1 aliphatic heterocycles. The highest BCUT2D eigenvalue weighted by Gasteiger charge is 2.25. The summed E-state index contributed by atoms with van der Waals surface area (Å²) in [5.74, 6) is 1.05. The number of ketones is 1. The maximum absolute atomic E-state index is 11.3. The topological polar surface area (TPSA) is 29.5 Å². The molecule has 0 spiro atoms. The van der Waals surface area contributed by atoms with Crippen LogP contribution in [0.1, 0.15) is 32.1 Å². The molecule has 0 amide bonds.